The Morgan fingerprint density at radius 1 is 1.37 bits per heavy atom. The summed E-state index contributed by atoms with van der Waals surface area (Å²) < 4.78 is 2.02. The lowest BCUT2D eigenvalue weighted by atomic mass is 10.1. The number of nitrogens with zero attached hydrogens (tertiary/aromatic N) is 4. The first-order valence-corrected chi connectivity index (χ1v) is 7.31. The van der Waals surface area contributed by atoms with Gasteiger partial charge in [0.1, 0.15) is 12.2 Å². The zero-order valence-electron chi connectivity index (χ0n) is 13.1. The molecule has 0 aromatic carbocycles. The van der Waals surface area contributed by atoms with Crippen molar-refractivity contribution < 1.29 is 0 Å². The summed E-state index contributed by atoms with van der Waals surface area (Å²) >= 11 is 0. The average molecular weight is 267 g/mol. The van der Waals surface area contributed by atoms with Gasteiger partial charge >= 0.3 is 0 Å². The first kappa shape index (κ1) is 16.1. The van der Waals surface area contributed by atoms with Crippen LogP contribution in [0.1, 0.15) is 45.5 Å². The Kier molecular flexibility index (Phi) is 7.02. The fourth-order valence-corrected chi connectivity index (χ4v) is 2.11. The molecular formula is C14H29N5. The number of nitrogens with one attached hydrogen (secondary N) is 1. The second kappa shape index (κ2) is 8.27. The van der Waals surface area contributed by atoms with Gasteiger partial charge in [0.05, 0.1) is 0 Å². The van der Waals surface area contributed by atoms with Crippen LogP contribution in [0.15, 0.2) is 6.33 Å². The lowest BCUT2D eigenvalue weighted by Crippen LogP contribution is -2.35. The molecule has 0 aliphatic heterocycles. The molecule has 1 aromatic rings. The first-order chi connectivity index (χ1) is 9.04. The lowest BCUT2D eigenvalue weighted by Gasteiger charge is -2.21. The Morgan fingerprint density at radius 2 is 2.11 bits per heavy atom. The molecule has 0 spiro atoms. The van der Waals surface area contributed by atoms with E-state index in [4.69, 9.17) is 0 Å². The van der Waals surface area contributed by atoms with Crippen LogP contribution in [0.2, 0.25) is 0 Å². The Hall–Kier alpha value is -0.940. The SMILES string of the molecule is CCCNC(CCN(C)C)Cc1ncnn1C(C)C. The van der Waals surface area contributed by atoms with Gasteiger partial charge in [-0.2, -0.15) is 5.10 Å². The van der Waals surface area contributed by atoms with E-state index >= 15 is 0 Å². The maximum atomic E-state index is 4.41. The maximum Gasteiger partial charge on any atom is 0.138 e. The van der Waals surface area contributed by atoms with Crippen LogP contribution in [0.3, 0.4) is 0 Å². The van der Waals surface area contributed by atoms with E-state index in [1.165, 1.54) is 0 Å². The minimum Gasteiger partial charge on any atom is -0.313 e. The highest BCUT2D eigenvalue weighted by Crippen LogP contribution is 2.09. The molecule has 0 radical (unpaired) electrons. The molecule has 1 rings (SSSR count). The van der Waals surface area contributed by atoms with E-state index in [9.17, 15) is 0 Å². The number of rotatable bonds is 9. The summed E-state index contributed by atoms with van der Waals surface area (Å²) in [5, 5.41) is 7.93. The summed E-state index contributed by atoms with van der Waals surface area (Å²) in [5.74, 6) is 1.09. The summed E-state index contributed by atoms with van der Waals surface area (Å²) in [6.45, 7) is 8.65. The molecule has 0 saturated carbocycles. The minimum absolute atomic E-state index is 0.373. The molecule has 0 aliphatic carbocycles. The quantitative estimate of drug-likeness (QED) is 0.740. The zero-order chi connectivity index (χ0) is 14.3. The fourth-order valence-electron chi connectivity index (χ4n) is 2.11. The summed E-state index contributed by atoms with van der Waals surface area (Å²) in [5.41, 5.74) is 0. The molecule has 0 bridgehead atoms. The maximum absolute atomic E-state index is 4.41. The van der Waals surface area contributed by atoms with Crippen LogP contribution >= 0.6 is 0 Å². The van der Waals surface area contributed by atoms with Crippen molar-refractivity contribution in [2.45, 2.75) is 52.1 Å². The van der Waals surface area contributed by atoms with Gasteiger partial charge in [0, 0.05) is 18.5 Å². The third kappa shape index (κ3) is 5.70. The van der Waals surface area contributed by atoms with E-state index in [0.29, 0.717) is 12.1 Å². The first-order valence-electron chi connectivity index (χ1n) is 7.31. The Bertz CT molecular complexity index is 345. The van der Waals surface area contributed by atoms with Crippen LogP contribution in [-0.2, 0) is 6.42 Å². The minimum atomic E-state index is 0.373. The second-order valence-corrected chi connectivity index (χ2v) is 5.66. The standard InChI is InChI=1S/C14H29N5/c1-6-8-15-13(7-9-18(4)5)10-14-16-11-17-19(14)12(2)3/h11-13,15H,6-10H2,1-5H3. The zero-order valence-corrected chi connectivity index (χ0v) is 13.1. The van der Waals surface area contributed by atoms with E-state index in [2.05, 4.69) is 55.2 Å². The summed E-state index contributed by atoms with van der Waals surface area (Å²) in [7, 11) is 4.24. The second-order valence-electron chi connectivity index (χ2n) is 5.66. The monoisotopic (exact) mass is 267 g/mol. The van der Waals surface area contributed by atoms with Crippen molar-refractivity contribution in [3.05, 3.63) is 12.2 Å². The largest absolute Gasteiger partial charge is 0.313 e. The number of aromatic nitrogens is 3. The van der Waals surface area contributed by atoms with Crippen molar-refractivity contribution in [3.63, 3.8) is 0 Å². The Morgan fingerprint density at radius 3 is 2.68 bits per heavy atom. The normalized spacial score (nSPS) is 13.4. The van der Waals surface area contributed by atoms with E-state index in [1.807, 2.05) is 4.68 Å². The third-order valence-corrected chi connectivity index (χ3v) is 3.17. The smallest absolute Gasteiger partial charge is 0.138 e. The molecule has 1 atom stereocenters. The van der Waals surface area contributed by atoms with Gasteiger partial charge in [0.2, 0.25) is 0 Å². The van der Waals surface area contributed by atoms with Crippen molar-refractivity contribution >= 4 is 0 Å². The van der Waals surface area contributed by atoms with E-state index in [1.54, 1.807) is 6.33 Å². The van der Waals surface area contributed by atoms with Gasteiger partial charge in [0.15, 0.2) is 0 Å². The van der Waals surface area contributed by atoms with Gasteiger partial charge < -0.3 is 10.2 Å². The van der Waals surface area contributed by atoms with Crippen molar-refractivity contribution in [2.75, 3.05) is 27.2 Å². The topological polar surface area (TPSA) is 46.0 Å². The molecule has 1 N–H and O–H groups in total. The van der Waals surface area contributed by atoms with Crippen LogP contribution in [0.5, 0.6) is 0 Å². The van der Waals surface area contributed by atoms with Gasteiger partial charge in [-0.05, 0) is 53.9 Å². The highest BCUT2D eigenvalue weighted by molar-refractivity contribution is 4.91. The summed E-state index contributed by atoms with van der Waals surface area (Å²) in [6.07, 6.45) is 4.91. The van der Waals surface area contributed by atoms with Crippen LogP contribution in [0.4, 0.5) is 0 Å². The molecule has 0 fully saturated rings. The number of hydrogen-bond acceptors (Lipinski definition) is 4. The Balaban J connectivity index is 2.61. The Labute approximate surface area is 117 Å². The fraction of sp³-hybridized carbons (Fsp3) is 0.857. The lowest BCUT2D eigenvalue weighted by molar-refractivity contribution is 0.350. The molecule has 0 saturated heterocycles. The van der Waals surface area contributed by atoms with E-state index < -0.39 is 0 Å². The van der Waals surface area contributed by atoms with Crippen LogP contribution in [0.25, 0.3) is 0 Å². The average Bonchev–Trinajstić information content (AvgIpc) is 2.80. The molecule has 110 valence electrons. The molecule has 1 unspecified atom stereocenters. The predicted octanol–water partition coefficient (Wildman–Crippen LogP) is 1.72. The molecular weight excluding hydrogens is 238 g/mol. The molecule has 5 heteroatoms. The molecule has 1 heterocycles. The van der Waals surface area contributed by atoms with Crippen molar-refractivity contribution in [3.8, 4) is 0 Å². The van der Waals surface area contributed by atoms with Gasteiger partial charge in [-0.15, -0.1) is 0 Å². The van der Waals surface area contributed by atoms with Gasteiger partial charge in [-0.3, -0.25) is 0 Å². The number of hydrogen-bond donors (Lipinski definition) is 1. The third-order valence-electron chi connectivity index (χ3n) is 3.17. The van der Waals surface area contributed by atoms with Gasteiger partial charge in [-0.1, -0.05) is 6.92 Å². The summed E-state index contributed by atoms with van der Waals surface area (Å²) in [4.78, 5) is 6.64. The van der Waals surface area contributed by atoms with Gasteiger partial charge in [-0.25, -0.2) is 9.67 Å². The van der Waals surface area contributed by atoms with E-state index in [-0.39, 0.29) is 0 Å². The van der Waals surface area contributed by atoms with Crippen LogP contribution in [-0.4, -0.2) is 52.9 Å². The highest BCUT2D eigenvalue weighted by Gasteiger charge is 2.14. The van der Waals surface area contributed by atoms with Crippen molar-refractivity contribution in [2.24, 2.45) is 0 Å². The van der Waals surface area contributed by atoms with Crippen molar-refractivity contribution in [1.82, 2.24) is 25.0 Å². The van der Waals surface area contributed by atoms with E-state index in [0.717, 1.165) is 38.2 Å². The van der Waals surface area contributed by atoms with Crippen molar-refractivity contribution in [1.29, 1.82) is 0 Å². The molecule has 5 nitrogen and oxygen atoms in total. The predicted molar refractivity (Wildman–Crippen MR) is 79.4 cm³/mol. The highest BCUT2D eigenvalue weighted by atomic mass is 15.3. The molecule has 1 aromatic heterocycles. The van der Waals surface area contributed by atoms with Crippen LogP contribution in [0, 0.1) is 0 Å². The molecule has 0 amide bonds. The summed E-state index contributed by atoms with van der Waals surface area (Å²) in [6, 6.07) is 0.849. The van der Waals surface area contributed by atoms with Gasteiger partial charge in [0.25, 0.3) is 0 Å². The molecule has 0 aliphatic rings. The molecule has 19 heavy (non-hydrogen) atoms. The van der Waals surface area contributed by atoms with Crippen LogP contribution < -0.4 is 5.32 Å².